The summed E-state index contributed by atoms with van der Waals surface area (Å²) in [6.45, 7) is 3.02. The maximum atomic E-state index is 14.9. The van der Waals surface area contributed by atoms with E-state index >= 15 is 0 Å². The molecule has 0 amide bonds. The van der Waals surface area contributed by atoms with E-state index in [0.717, 1.165) is 29.7 Å². The van der Waals surface area contributed by atoms with Crippen LogP contribution >= 0.6 is 22.6 Å². The molecule has 7 nitrogen and oxygen atoms in total. The van der Waals surface area contributed by atoms with Crippen LogP contribution in [0.15, 0.2) is 55.1 Å². The molecule has 1 aliphatic heterocycles. The highest BCUT2D eigenvalue weighted by atomic mass is 127. The van der Waals surface area contributed by atoms with E-state index in [0.29, 0.717) is 39.4 Å². The van der Waals surface area contributed by atoms with Gasteiger partial charge in [-0.1, -0.05) is 6.07 Å². The van der Waals surface area contributed by atoms with E-state index in [2.05, 4.69) is 24.8 Å². The van der Waals surface area contributed by atoms with Gasteiger partial charge in [-0.25, -0.2) is 19.3 Å². The zero-order valence-electron chi connectivity index (χ0n) is 16.9. The number of benzene rings is 2. The topological polar surface area (TPSA) is 84.3 Å². The normalized spacial score (nSPS) is 15.2. The highest BCUT2D eigenvalue weighted by molar-refractivity contribution is 14.1. The van der Waals surface area contributed by atoms with Crippen molar-refractivity contribution >= 4 is 39.2 Å². The number of ether oxygens (including phenoxy) is 1. The molecule has 32 heavy (non-hydrogen) atoms. The Balaban J connectivity index is 1.56. The van der Waals surface area contributed by atoms with Crippen LogP contribution in [0, 0.1) is 9.52 Å². The molecule has 1 atom stereocenters. The van der Waals surface area contributed by atoms with Crippen molar-refractivity contribution in [1.29, 1.82) is 0 Å². The molecule has 2 aromatic heterocycles. The Morgan fingerprint density at radius 1 is 1.00 bits per heavy atom. The first-order valence-corrected chi connectivity index (χ1v) is 11.2. The molecule has 1 fully saturated rings. The maximum Gasteiger partial charge on any atom is 0.132 e. The molecule has 0 saturated carbocycles. The van der Waals surface area contributed by atoms with Gasteiger partial charge >= 0.3 is 0 Å². The summed E-state index contributed by atoms with van der Waals surface area (Å²) in [5.74, 6) is -0.424. The highest BCUT2D eigenvalue weighted by Crippen LogP contribution is 2.33. The maximum absolute atomic E-state index is 14.9. The van der Waals surface area contributed by atoms with Crippen molar-refractivity contribution in [2.45, 2.75) is 6.10 Å². The van der Waals surface area contributed by atoms with Gasteiger partial charge in [0.05, 0.1) is 24.4 Å². The first-order chi connectivity index (χ1) is 15.6. The Hall–Kier alpha value is -2.76. The average Bonchev–Trinajstić information content (AvgIpc) is 2.84. The fourth-order valence-electron chi connectivity index (χ4n) is 3.85. The Kier molecular flexibility index (Phi) is 5.94. The lowest BCUT2D eigenvalue weighted by atomic mass is 9.99. The molecule has 9 heteroatoms. The van der Waals surface area contributed by atoms with Gasteiger partial charge in [0.1, 0.15) is 27.6 Å². The minimum absolute atomic E-state index is 0.298. The minimum Gasteiger partial charge on any atom is -0.382 e. The quantitative estimate of drug-likeness (QED) is 0.393. The second-order valence-corrected chi connectivity index (χ2v) is 8.42. The Morgan fingerprint density at radius 3 is 2.62 bits per heavy atom. The molecular weight excluding hydrogens is 524 g/mol. The summed E-state index contributed by atoms with van der Waals surface area (Å²) >= 11 is 2.02. The van der Waals surface area contributed by atoms with Crippen LogP contribution in [0.25, 0.3) is 22.2 Å². The lowest BCUT2D eigenvalue weighted by Gasteiger charge is -2.29. The first-order valence-electron chi connectivity index (χ1n) is 10.1. The van der Waals surface area contributed by atoms with Crippen molar-refractivity contribution in [2.24, 2.45) is 0 Å². The average molecular weight is 543 g/mol. The van der Waals surface area contributed by atoms with Crippen LogP contribution < -0.4 is 4.90 Å². The molecule has 4 aromatic rings. The second-order valence-electron chi connectivity index (χ2n) is 7.40. The Morgan fingerprint density at radius 2 is 1.81 bits per heavy atom. The van der Waals surface area contributed by atoms with Gasteiger partial charge < -0.3 is 14.7 Å². The number of morpholine rings is 1. The third-order valence-electron chi connectivity index (χ3n) is 5.50. The Bertz CT molecular complexity index is 1280. The summed E-state index contributed by atoms with van der Waals surface area (Å²) in [5, 5.41) is 11.6. The number of fused-ring (bicyclic) bond motifs is 1. The summed E-state index contributed by atoms with van der Waals surface area (Å²) in [5.41, 5.74) is 3.49. The summed E-state index contributed by atoms with van der Waals surface area (Å²) < 4.78 is 20.9. The van der Waals surface area contributed by atoms with Crippen molar-refractivity contribution in [1.82, 2.24) is 19.9 Å². The van der Waals surface area contributed by atoms with E-state index in [4.69, 9.17) is 4.74 Å². The minimum atomic E-state index is -1.03. The fourth-order valence-corrected chi connectivity index (χ4v) is 4.44. The van der Waals surface area contributed by atoms with Crippen molar-refractivity contribution in [2.75, 3.05) is 31.2 Å². The van der Waals surface area contributed by atoms with Gasteiger partial charge in [0.2, 0.25) is 0 Å². The molecule has 5 rings (SSSR count). The van der Waals surface area contributed by atoms with Crippen molar-refractivity contribution < 1.29 is 14.2 Å². The van der Waals surface area contributed by atoms with Crippen LogP contribution in [0.1, 0.15) is 17.4 Å². The van der Waals surface area contributed by atoms with Crippen molar-refractivity contribution in [3.8, 4) is 11.3 Å². The molecule has 1 unspecified atom stereocenters. The number of aliphatic hydroxyl groups excluding tert-OH is 1. The van der Waals surface area contributed by atoms with Gasteiger partial charge in [-0.2, -0.15) is 0 Å². The summed E-state index contributed by atoms with van der Waals surface area (Å²) in [6, 6.07) is 10.4. The van der Waals surface area contributed by atoms with Gasteiger partial charge in [-0.15, -0.1) is 0 Å². The number of rotatable bonds is 4. The molecular formula is C23H19FIN5O2. The zero-order chi connectivity index (χ0) is 22.1. The number of aromatic nitrogens is 4. The van der Waals surface area contributed by atoms with Crippen molar-refractivity contribution in [3.63, 3.8) is 0 Å². The monoisotopic (exact) mass is 543 g/mol. The molecule has 2 aromatic carbocycles. The van der Waals surface area contributed by atoms with Crippen LogP contribution in [0.4, 0.5) is 10.1 Å². The van der Waals surface area contributed by atoms with E-state index in [1.165, 1.54) is 18.6 Å². The van der Waals surface area contributed by atoms with Crippen LogP contribution in [-0.4, -0.2) is 51.3 Å². The summed E-state index contributed by atoms with van der Waals surface area (Å²) in [4.78, 5) is 19.4. The van der Waals surface area contributed by atoms with Crippen LogP contribution in [-0.2, 0) is 4.74 Å². The van der Waals surface area contributed by atoms with Gasteiger partial charge in [0.25, 0.3) is 0 Å². The molecule has 0 spiro atoms. The third kappa shape index (κ3) is 4.03. The van der Waals surface area contributed by atoms with Crippen LogP contribution in [0.3, 0.4) is 0 Å². The van der Waals surface area contributed by atoms with Gasteiger partial charge in [0, 0.05) is 42.1 Å². The van der Waals surface area contributed by atoms with Crippen LogP contribution in [0.2, 0.25) is 0 Å². The van der Waals surface area contributed by atoms with Crippen molar-refractivity contribution in [3.05, 3.63) is 75.9 Å². The van der Waals surface area contributed by atoms with E-state index in [1.54, 1.807) is 18.3 Å². The second kappa shape index (κ2) is 9.00. The number of anilines is 1. The van der Waals surface area contributed by atoms with Gasteiger partial charge in [-0.05, 0) is 58.5 Å². The third-order valence-corrected chi connectivity index (χ3v) is 6.33. The van der Waals surface area contributed by atoms with E-state index in [9.17, 15) is 9.50 Å². The fraction of sp³-hybridized carbons (Fsp3) is 0.217. The molecule has 1 aliphatic rings. The van der Waals surface area contributed by atoms with Gasteiger partial charge in [-0.3, -0.25) is 4.98 Å². The number of hydrogen-bond acceptors (Lipinski definition) is 7. The number of aliphatic hydroxyl groups is 1. The van der Waals surface area contributed by atoms with E-state index < -0.39 is 11.9 Å². The molecule has 0 bridgehead atoms. The van der Waals surface area contributed by atoms with Gasteiger partial charge in [0.15, 0.2) is 0 Å². The SMILES string of the molecule is OC(c1ccc(F)c(-c2ncnc3cc(N4CCOCC4)ccc23)c1)c1nccnc1I. The molecule has 3 heterocycles. The lowest BCUT2D eigenvalue weighted by molar-refractivity contribution is 0.122. The Labute approximate surface area is 197 Å². The predicted octanol–water partition coefficient (Wildman–Crippen LogP) is 3.75. The smallest absolute Gasteiger partial charge is 0.132 e. The van der Waals surface area contributed by atoms with Crippen LogP contribution in [0.5, 0.6) is 0 Å². The predicted molar refractivity (Wildman–Crippen MR) is 127 cm³/mol. The number of nitrogens with zero attached hydrogens (tertiary/aromatic N) is 5. The van der Waals surface area contributed by atoms with E-state index in [1.807, 2.05) is 40.8 Å². The molecule has 0 aliphatic carbocycles. The lowest BCUT2D eigenvalue weighted by Crippen LogP contribution is -2.36. The number of halogens is 2. The molecule has 162 valence electrons. The first kappa shape index (κ1) is 21.1. The summed E-state index contributed by atoms with van der Waals surface area (Å²) in [7, 11) is 0. The largest absolute Gasteiger partial charge is 0.382 e. The number of hydrogen-bond donors (Lipinski definition) is 1. The highest BCUT2D eigenvalue weighted by Gasteiger charge is 2.20. The zero-order valence-corrected chi connectivity index (χ0v) is 19.1. The molecule has 1 N–H and O–H groups in total. The van der Waals surface area contributed by atoms with E-state index in [-0.39, 0.29) is 0 Å². The molecule has 1 saturated heterocycles. The standard InChI is InChI=1S/C23H19FIN5O2/c24-18-4-1-14(22(31)21-23(25)27-6-5-26-21)11-17(18)20-16-3-2-15(12-19(16)28-13-29-20)30-7-9-32-10-8-30/h1-6,11-13,22,31H,7-10H2. The molecule has 0 radical (unpaired) electrons. The summed E-state index contributed by atoms with van der Waals surface area (Å²) in [6.07, 6.45) is 3.49.